The van der Waals surface area contributed by atoms with Gasteiger partial charge in [-0.3, -0.25) is 9.59 Å². The number of fused-ring (bicyclic) bond motifs is 1. The van der Waals surface area contributed by atoms with Crippen LogP contribution in [0.3, 0.4) is 0 Å². The highest BCUT2D eigenvalue weighted by atomic mass is 35.5. The van der Waals surface area contributed by atoms with Gasteiger partial charge in [0.05, 0.1) is 10.7 Å². The molecule has 0 spiro atoms. The Morgan fingerprint density at radius 3 is 2.58 bits per heavy atom. The molecule has 11 heteroatoms. The number of ether oxygens (including phenoxy) is 1. The minimum absolute atomic E-state index is 0.211. The molecule has 0 radical (unpaired) electrons. The summed E-state index contributed by atoms with van der Waals surface area (Å²) in [5, 5.41) is 5.73. The van der Waals surface area contributed by atoms with Crippen LogP contribution in [-0.4, -0.2) is 68.6 Å². The Balaban J connectivity index is 1.54. The van der Waals surface area contributed by atoms with Crippen molar-refractivity contribution in [3.63, 3.8) is 0 Å². The Morgan fingerprint density at radius 1 is 1.13 bits per heavy atom. The molecule has 0 unspecified atom stereocenters. The summed E-state index contributed by atoms with van der Waals surface area (Å²) in [7, 11) is 0. The van der Waals surface area contributed by atoms with Crippen molar-refractivity contribution < 1.29 is 14.3 Å². The molecule has 1 amide bonds. The second-order valence-corrected chi connectivity index (χ2v) is 7.99. The number of halogens is 2. The Bertz CT molecular complexity index is 1140. The number of hydrogen-bond donors (Lipinski definition) is 0. The van der Waals surface area contributed by atoms with E-state index in [1.807, 2.05) is 4.90 Å². The van der Waals surface area contributed by atoms with E-state index >= 15 is 0 Å². The smallest absolute Gasteiger partial charge is 0.303 e. The van der Waals surface area contributed by atoms with Crippen molar-refractivity contribution in [2.24, 2.45) is 0 Å². The monoisotopic (exact) mass is 462 g/mol. The van der Waals surface area contributed by atoms with E-state index in [1.165, 1.54) is 6.92 Å². The Kier molecular flexibility index (Phi) is 5.97. The van der Waals surface area contributed by atoms with Crippen LogP contribution in [-0.2, 0) is 14.3 Å². The van der Waals surface area contributed by atoms with Gasteiger partial charge in [-0.05, 0) is 31.2 Å². The fourth-order valence-corrected chi connectivity index (χ4v) is 3.89. The van der Waals surface area contributed by atoms with Crippen LogP contribution >= 0.6 is 23.2 Å². The van der Waals surface area contributed by atoms with Crippen molar-refractivity contribution in [2.45, 2.75) is 20.0 Å². The van der Waals surface area contributed by atoms with Crippen molar-refractivity contribution in [3.8, 4) is 11.3 Å². The molecule has 3 heterocycles. The van der Waals surface area contributed by atoms with E-state index < -0.39 is 12.1 Å². The van der Waals surface area contributed by atoms with Crippen LogP contribution in [0.25, 0.3) is 17.0 Å². The van der Waals surface area contributed by atoms with Gasteiger partial charge in [-0.1, -0.05) is 23.2 Å². The van der Waals surface area contributed by atoms with Crippen LogP contribution in [0.4, 0.5) is 5.95 Å². The summed E-state index contributed by atoms with van der Waals surface area (Å²) < 4.78 is 6.62. The van der Waals surface area contributed by atoms with Crippen molar-refractivity contribution in [1.82, 2.24) is 24.5 Å². The normalized spacial score (nSPS) is 15.2. The topological polar surface area (TPSA) is 92.9 Å². The summed E-state index contributed by atoms with van der Waals surface area (Å²) >= 11 is 12.5. The highest BCUT2D eigenvalue weighted by Crippen LogP contribution is 2.30. The standard InChI is InChI=1S/C20H20Cl2N6O3/c1-12(31-13(2)29)18(30)26-7-9-27(10-8-26)20-24-19-23-6-5-17(28(19)25-20)15-11-14(21)3-4-16(15)22/h3-6,11-12H,7-10H2,1-2H3/t12-/m0/s1. The lowest BCUT2D eigenvalue weighted by molar-refractivity contribution is -0.157. The van der Waals surface area contributed by atoms with Gasteiger partial charge in [0.1, 0.15) is 0 Å². The summed E-state index contributed by atoms with van der Waals surface area (Å²) in [5.41, 5.74) is 1.45. The molecule has 1 aliphatic rings. The Labute approximate surface area is 188 Å². The summed E-state index contributed by atoms with van der Waals surface area (Å²) in [6, 6.07) is 7.03. The molecule has 1 saturated heterocycles. The number of rotatable bonds is 4. The van der Waals surface area contributed by atoms with Gasteiger partial charge in [0.25, 0.3) is 11.7 Å². The molecule has 0 aliphatic carbocycles. The van der Waals surface area contributed by atoms with E-state index in [1.54, 1.807) is 46.8 Å². The van der Waals surface area contributed by atoms with Gasteiger partial charge < -0.3 is 14.5 Å². The third-order valence-corrected chi connectivity index (χ3v) is 5.56. The quantitative estimate of drug-likeness (QED) is 0.550. The molecular weight excluding hydrogens is 443 g/mol. The SMILES string of the molecule is CC(=O)O[C@@H](C)C(=O)N1CCN(c2nc3nccc(-c4cc(Cl)ccc4Cl)n3n2)CC1. The van der Waals surface area contributed by atoms with Crippen molar-refractivity contribution in [2.75, 3.05) is 31.1 Å². The van der Waals surface area contributed by atoms with Crippen LogP contribution in [0.15, 0.2) is 30.5 Å². The number of anilines is 1. The second kappa shape index (κ2) is 8.68. The fraction of sp³-hybridized carbons (Fsp3) is 0.350. The lowest BCUT2D eigenvalue weighted by Gasteiger charge is -2.35. The highest BCUT2D eigenvalue weighted by Gasteiger charge is 2.28. The van der Waals surface area contributed by atoms with Crippen molar-refractivity contribution in [3.05, 3.63) is 40.5 Å². The molecule has 3 aromatic rings. The van der Waals surface area contributed by atoms with E-state index in [-0.39, 0.29) is 5.91 Å². The van der Waals surface area contributed by atoms with Gasteiger partial charge in [-0.15, -0.1) is 5.10 Å². The van der Waals surface area contributed by atoms with E-state index in [9.17, 15) is 9.59 Å². The number of benzene rings is 1. The largest absolute Gasteiger partial charge is 0.453 e. The molecule has 2 aromatic heterocycles. The first-order valence-corrected chi connectivity index (χ1v) is 10.5. The second-order valence-electron chi connectivity index (χ2n) is 7.14. The number of nitrogens with zero attached hydrogens (tertiary/aromatic N) is 6. The molecule has 0 saturated carbocycles. The molecule has 9 nitrogen and oxygen atoms in total. The first-order valence-electron chi connectivity index (χ1n) is 9.71. The average molecular weight is 463 g/mol. The molecule has 0 N–H and O–H groups in total. The van der Waals surface area contributed by atoms with Crippen LogP contribution < -0.4 is 4.90 Å². The minimum atomic E-state index is -0.799. The minimum Gasteiger partial charge on any atom is -0.453 e. The van der Waals surface area contributed by atoms with Gasteiger partial charge in [-0.25, -0.2) is 4.98 Å². The van der Waals surface area contributed by atoms with Gasteiger partial charge in [0.15, 0.2) is 6.10 Å². The summed E-state index contributed by atoms with van der Waals surface area (Å²) in [6.45, 7) is 4.90. The van der Waals surface area contributed by atoms with Crippen molar-refractivity contribution in [1.29, 1.82) is 0 Å². The predicted molar refractivity (Wildman–Crippen MR) is 116 cm³/mol. The molecule has 1 aliphatic heterocycles. The zero-order valence-corrected chi connectivity index (χ0v) is 18.5. The Morgan fingerprint density at radius 2 is 1.87 bits per heavy atom. The third-order valence-electron chi connectivity index (χ3n) is 5.00. The molecule has 162 valence electrons. The number of aromatic nitrogens is 4. The summed E-state index contributed by atoms with van der Waals surface area (Å²) in [4.78, 5) is 36.0. The average Bonchev–Trinajstić information content (AvgIpc) is 3.19. The molecular formula is C20H20Cl2N6O3. The molecule has 0 bridgehead atoms. The number of esters is 1. The Hall–Kier alpha value is -2.91. The van der Waals surface area contributed by atoms with E-state index in [0.717, 1.165) is 11.3 Å². The summed E-state index contributed by atoms with van der Waals surface area (Å²) in [5.74, 6) is 0.262. The zero-order chi connectivity index (χ0) is 22.1. The van der Waals surface area contributed by atoms with Crippen LogP contribution in [0.2, 0.25) is 10.0 Å². The van der Waals surface area contributed by atoms with Gasteiger partial charge in [0.2, 0.25) is 5.95 Å². The van der Waals surface area contributed by atoms with Gasteiger partial charge >= 0.3 is 5.97 Å². The first kappa shape index (κ1) is 21.3. The molecule has 4 rings (SSSR count). The van der Waals surface area contributed by atoms with Crippen molar-refractivity contribution >= 4 is 46.8 Å². The van der Waals surface area contributed by atoms with Crippen LogP contribution in [0.5, 0.6) is 0 Å². The number of amides is 1. The fourth-order valence-electron chi connectivity index (χ4n) is 3.50. The maximum absolute atomic E-state index is 12.4. The van der Waals surface area contributed by atoms with Crippen LogP contribution in [0.1, 0.15) is 13.8 Å². The van der Waals surface area contributed by atoms with E-state index in [2.05, 4.69) is 15.1 Å². The third kappa shape index (κ3) is 4.42. The molecule has 1 atom stereocenters. The lowest BCUT2D eigenvalue weighted by atomic mass is 10.1. The summed E-state index contributed by atoms with van der Waals surface area (Å²) in [6.07, 6.45) is 0.847. The molecule has 31 heavy (non-hydrogen) atoms. The number of piperazine rings is 1. The van der Waals surface area contributed by atoms with E-state index in [4.69, 9.17) is 27.9 Å². The molecule has 1 aromatic carbocycles. The first-order chi connectivity index (χ1) is 14.8. The zero-order valence-electron chi connectivity index (χ0n) is 17.0. The van der Waals surface area contributed by atoms with Crippen LogP contribution in [0, 0.1) is 0 Å². The van der Waals surface area contributed by atoms with Gasteiger partial charge in [-0.2, -0.15) is 9.50 Å². The molecule has 1 fully saturated rings. The highest BCUT2D eigenvalue weighted by molar-refractivity contribution is 6.35. The van der Waals surface area contributed by atoms with E-state index in [0.29, 0.717) is 48.0 Å². The number of carbonyl (C=O) groups is 2. The van der Waals surface area contributed by atoms with Gasteiger partial charge in [0, 0.05) is 49.9 Å². The predicted octanol–water partition coefficient (Wildman–Crippen LogP) is 2.70. The maximum Gasteiger partial charge on any atom is 0.303 e. The number of hydrogen-bond acceptors (Lipinski definition) is 7. The number of carbonyl (C=O) groups excluding carboxylic acids is 2. The maximum atomic E-state index is 12.4. The lowest BCUT2D eigenvalue weighted by Crippen LogP contribution is -2.52.